The molecule has 0 aromatic heterocycles. The third-order valence-corrected chi connectivity index (χ3v) is 4.07. The molecule has 1 heterocycles. The number of nitrogens with zero attached hydrogens (tertiary/aromatic N) is 1. The number of rotatable bonds is 4. The highest BCUT2D eigenvalue weighted by molar-refractivity contribution is 5.52. The monoisotopic (exact) mass is 310 g/mol. The Hall–Kier alpha value is -2.39. The third kappa shape index (κ3) is 2.80. The van der Waals surface area contributed by atoms with Gasteiger partial charge in [0.05, 0.1) is 18.2 Å². The summed E-state index contributed by atoms with van der Waals surface area (Å²) in [5.41, 5.74) is 1.31. The summed E-state index contributed by atoms with van der Waals surface area (Å²) in [5.74, 6) is 0.621. The van der Waals surface area contributed by atoms with E-state index in [4.69, 9.17) is 9.84 Å². The minimum atomic E-state index is -1.33. The summed E-state index contributed by atoms with van der Waals surface area (Å²) in [6, 6.07) is 14.7. The molecule has 0 amide bonds. The Morgan fingerprint density at radius 3 is 2.83 bits per heavy atom. The number of para-hydroxylation sites is 1. The van der Waals surface area contributed by atoms with Gasteiger partial charge in [-0.25, -0.2) is 0 Å². The van der Waals surface area contributed by atoms with E-state index < -0.39 is 5.60 Å². The predicted molar refractivity (Wildman–Crippen MR) is 84.9 cm³/mol. The predicted octanol–water partition coefficient (Wildman–Crippen LogP) is 1.27. The Bertz CT molecular complexity index is 754. The molecule has 0 fully saturated rings. The van der Waals surface area contributed by atoms with Gasteiger partial charge in [-0.05, 0) is 29.3 Å². The summed E-state index contributed by atoms with van der Waals surface area (Å²) >= 11 is 0. The van der Waals surface area contributed by atoms with Gasteiger partial charge in [0.1, 0.15) is 18.0 Å². The number of nitrogens with one attached hydrogen (secondary N) is 1. The maximum atomic E-state index is 11.5. The van der Waals surface area contributed by atoms with E-state index in [1.54, 1.807) is 12.1 Å². The third-order valence-electron chi connectivity index (χ3n) is 4.07. The molecule has 0 saturated carbocycles. The molecule has 0 aliphatic carbocycles. The molecule has 2 aromatic carbocycles. The number of fused-ring (bicyclic) bond motifs is 2. The second kappa shape index (κ2) is 6.39. The second-order valence-electron chi connectivity index (χ2n) is 5.53. The van der Waals surface area contributed by atoms with Crippen LogP contribution in [0.4, 0.5) is 0 Å². The van der Waals surface area contributed by atoms with Crippen molar-refractivity contribution in [3.8, 4) is 11.8 Å². The van der Waals surface area contributed by atoms with Crippen LogP contribution in [0.2, 0.25) is 0 Å². The van der Waals surface area contributed by atoms with Gasteiger partial charge in [-0.3, -0.25) is 0 Å². The molecule has 1 unspecified atom stereocenters. The highest BCUT2D eigenvalue weighted by Gasteiger charge is 2.38. The molecular weight excluding hydrogens is 292 g/mol. The van der Waals surface area contributed by atoms with E-state index >= 15 is 0 Å². The van der Waals surface area contributed by atoms with Gasteiger partial charge in [0.25, 0.3) is 0 Å². The first-order valence-corrected chi connectivity index (χ1v) is 7.49. The van der Waals surface area contributed by atoms with Crippen LogP contribution >= 0.6 is 0 Å². The van der Waals surface area contributed by atoms with Crippen LogP contribution in [0.1, 0.15) is 22.3 Å². The van der Waals surface area contributed by atoms with Gasteiger partial charge in [-0.2, -0.15) is 5.26 Å². The van der Waals surface area contributed by atoms with E-state index in [-0.39, 0.29) is 13.2 Å². The molecule has 1 aliphatic heterocycles. The number of aliphatic hydroxyl groups is 2. The molecule has 1 aliphatic rings. The van der Waals surface area contributed by atoms with Crippen LogP contribution in [-0.2, 0) is 12.2 Å². The lowest BCUT2D eigenvalue weighted by atomic mass is 9.83. The molecule has 5 nitrogen and oxygen atoms in total. The molecule has 0 radical (unpaired) electrons. The van der Waals surface area contributed by atoms with Crippen LogP contribution in [0.3, 0.4) is 0 Å². The molecule has 3 N–H and O–H groups in total. The molecule has 0 bridgehead atoms. The molecule has 1 atom stereocenters. The number of ether oxygens (including phenoxy) is 1. The summed E-state index contributed by atoms with van der Waals surface area (Å²) in [5, 5.41) is 32.7. The minimum absolute atomic E-state index is 0.0146. The van der Waals surface area contributed by atoms with Gasteiger partial charge in [-0.1, -0.05) is 24.3 Å². The van der Waals surface area contributed by atoms with Crippen LogP contribution in [0.5, 0.6) is 5.75 Å². The average molecular weight is 310 g/mol. The zero-order valence-corrected chi connectivity index (χ0v) is 12.6. The maximum absolute atomic E-state index is 11.5. The molecule has 3 rings (SSSR count). The Labute approximate surface area is 134 Å². The van der Waals surface area contributed by atoms with E-state index in [9.17, 15) is 10.4 Å². The minimum Gasteiger partial charge on any atom is -0.488 e. The highest BCUT2D eigenvalue weighted by Crippen LogP contribution is 2.40. The average Bonchev–Trinajstić information content (AvgIpc) is 2.71. The van der Waals surface area contributed by atoms with Crippen LogP contribution < -0.4 is 10.1 Å². The molecule has 0 saturated heterocycles. The molecule has 118 valence electrons. The molecule has 5 heteroatoms. The fraction of sp³-hybridized carbons (Fsp3) is 0.278. The number of hydrogen-bond acceptors (Lipinski definition) is 5. The zero-order chi connectivity index (χ0) is 16.3. The van der Waals surface area contributed by atoms with Crippen molar-refractivity contribution in [2.75, 3.05) is 19.7 Å². The standard InChI is InChI=1S/C18H18N2O3/c19-10-13-5-6-14-11-23-17-4-2-1-3-15(17)18(22,16(14)9-13)12-20-7-8-21/h1-6,9,20-22H,7-8,11-12H2. The Morgan fingerprint density at radius 1 is 1.22 bits per heavy atom. The van der Waals surface area contributed by atoms with Crippen LogP contribution in [0.25, 0.3) is 0 Å². The normalized spacial score (nSPS) is 19.0. The van der Waals surface area contributed by atoms with Crippen LogP contribution in [0, 0.1) is 11.3 Å². The van der Waals surface area contributed by atoms with E-state index in [1.165, 1.54) is 0 Å². The fourth-order valence-electron chi connectivity index (χ4n) is 2.93. The van der Waals surface area contributed by atoms with Gasteiger partial charge >= 0.3 is 0 Å². The lowest BCUT2D eigenvalue weighted by Crippen LogP contribution is -2.40. The molecule has 2 aromatic rings. The van der Waals surface area contributed by atoms with Crippen molar-refractivity contribution in [2.45, 2.75) is 12.2 Å². The smallest absolute Gasteiger partial charge is 0.131 e. The van der Waals surface area contributed by atoms with Crippen molar-refractivity contribution in [1.29, 1.82) is 5.26 Å². The summed E-state index contributed by atoms with van der Waals surface area (Å²) in [4.78, 5) is 0. The molecular formula is C18H18N2O3. The van der Waals surface area contributed by atoms with Crippen molar-refractivity contribution in [3.63, 3.8) is 0 Å². The lowest BCUT2D eigenvalue weighted by Gasteiger charge is -2.30. The quantitative estimate of drug-likeness (QED) is 0.741. The van der Waals surface area contributed by atoms with E-state index in [2.05, 4.69) is 11.4 Å². The topological polar surface area (TPSA) is 85.5 Å². The van der Waals surface area contributed by atoms with E-state index in [1.807, 2.05) is 30.3 Å². The highest BCUT2D eigenvalue weighted by atomic mass is 16.5. The maximum Gasteiger partial charge on any atom is 0.131 e. The van der Waals surface area contributed by atoms with Crippen molar-refractivity contribution in [1.82, 2.24) is 5.32 Å². The lowest BCUT2D eigenvalue weighted by molar-refractivity contribution is 0.0779. The summed E-state index contributed by atoms with van der Waals surface area (Å²) in [7, 11) is 0. The van der Waals surface area contributed by atoms with Crippen molar-refractivity contribution in [2.24, 2.45) is 0 Å². The van der Waals surface area contributed by atoms with Crippen molar-refractivity contribution in [3.05, 3.63) is 64.7 Å². The van der Waals surface area contributed by atoms with Gasteiger partial charge in [-0.15, -0.1) is 0 Å². The van der Waals surface area contributed by atoms with Crippen LogP contribution in [-0.4, -0.2) is 29.9 Å². The largest absolute Gasteiger partial charge is 0.488 e. The number of hydrogen-bond donors (Lipinski definition) is 3. The summed E-state index contributed by atoms with van der Waals surface area (Å²) in [6.45, 7) is 0.911. The number of nitriles is 1. The van der Waals surface area contributed by atoms with Gasteiger partial charge < -0.3 is 20.3 Å². The van der Waals surface area contributed by atoms with Gasteiger partial charge in [0.15, 0.2) is 0 Å². The SMILES string of the molecule is N#Cc1ccc2c(c1)C(O)(CNCCO)c1ccccc1OC2. The number of benzene rings is 2. The number of aliphatic hydroxyl groups excluding tert-OH is 1. The van der Waals surface area contributed by atoms with E-state index in [0.29, 0.717) is 35.6 Å². The Balaban J connectivity index is 2.16. The summed E-state index contributed by atoms with van der Waals surface area (Å²) in [6.07, 6.45) is 0. The molecule has 0 spiro atoms. The van der Waals surface area contributed by atoms with Gasteiger partial charge in [0, 0.05) is 18.7 Å². The first kappa shape index (κ1) is 15.5. The zero-order valence-electron chi connectivity index (χ0n) is 12.6. The Kier molecular flexibility index (Phi) is 4.30. The Morgan fingerprint density at radius 2 is 2.04 bits per heavy atom. The van der Waals surface area contributed by atoms with Gasteiger partial charge in [0.2, 0.25) is 0 Å². The first-order chi connectivity index (χ1) is 11.2. The fourth-order valence-corrected chi connectivity index (χ4v) is 2.93. The van der Waals surface area contributed by atoms with Crippen molar-refractivity contribution < 1.29 is 14.9 Å². The summed E-state index contributed by atoms with van der Waals surface area (Å²) < 4.78 is 5.83. The molecule has 23 heavy (non-hydrogen) atoms. The van der Waals surface area contributed by atoms with Crippen molar-refractivity contribution >= 4 is 0 Å². The second-order valence-corrected chi connectivity index (χ2v) is 5.53. The van der Waals surface area contributed by atoms with Crippen LogP contribution in [0.15, 0.2) is 42.5 Å². The first-order valence-electron chi connectivity index (χ1n) is 7.49. The van der Waals surface area contributed by atoms with E-state index in [0.717, 1.165) is 5.56 Å².